The second-order valence-corrected chi connectivity index (χ2v) is 2.84. The highest BCUT2D eigenvalue weighted by Gasteiger charge is 2.32. The molecule has 0 radical (unpaired) electrons. The summed E-state index contributed by atoms with van der Waals surface area (Å²) in [5, 5.41) is 34.6. The second kappa shape index (κ2) is 4.78. The summed E-state index contributed by atoms with van der Waals surface area (Å²) in [4.78, 5) is 20.5. The Morgan fingerprint density at radius 2 is 1.46 bits per heavy atom. The van der Waals surface area contributed by atoms with Crippen LogP contribution in [0.15, 0.2) is 0 Å². The molecule has 0 fully saturated rings. The van der Waals surface area contributed by atoms with E-state index in [-0.39, 0.29) is 6.42 Å². The van der Waals surface area contributed by atoms with Gasteiger partial charge in [0.05, 0.1) is 18.4 Å². The summed E-state index contributed by atoms with van der Waals surface area (Å²) in [5.41, 5.74) is -1.85. The van der Waals surface area contributed by atoms with Gasteiger partial charge in [0.1, 0.15) is 0 Å². The lowest BCUT2D eigenvalue weighted by Gasteiger charge is -2.23. The molecule has 0 aliphatic rings. The van der Waals surface area contributed by atoms with Crippen LogP contribution in [0.2, 0.25) is 0 Å². The van der Waals surface area contributed by atoms with Gasteiger partial charge in [0.15, 0.2) is 0 Å². The number of carbonyl (C=O) groups is 2. The lowest BCUT2D eigenvalue weighted by atomic mass is 9.92. The Bertz CT molecular complexity index is 183. The Morgan fingerprint density at radius 3 is 1.69 bits per heavy atom. The Balaban J connectivity index is 4.32. The van der Waals surface area contributed by atoms with Crippen LogP contribution in [0.3, 0.4) is 0 Å². The van der Waals surface area contributed by atoms with Gasteiger partial charge in [-0.25, -0.2) is 0 Å². The summed E-state index contributed by atoms with van der Waals surface area (Å²) in [6.45, 7) is -0.447. The third-order valence-corrected chi connectivity index (χ3v) is 1.54. The van der Waals surface area contributed by atoms with Crippen LogP contribution in [-0.2, 0) is 9.59 Å². The molecule has 0 heterocycles. The van der Waals surface area contributed by atoms with Gasteiger partial charge in [-0.15, -0.1) is 0 Å². The first-order valence-corrected chi connectivity index (χ1v) is 3.66. The molecule has 0 rings (SSSR count). The SMILES string of the molecule is O=C(O)CC(O)(CCO)CC(=O)O. The zero-order valence-electron chi connectivity index (χ0n) is 6.93. The molecule has 4 N–H and O–H groups in total. The summed E-state index contributed by atoms with van der Waals surface area (Å²) in [6.07, 6.45) is -1.62. The molecular weight excluding hydrogens is 180 g/mol. The van der Waals surface area contributed by atoms with Crippen LogP contribution in [0.4, 0.5) is 0 Å². The van der Waals surface area contributed by atoms with E-state index in [2.05, 4.69) is 0 Å². The van der Waals surface area contributed by atoms with Gasteiger partial charge in [0, 0.05) is 13.0 Å². The Labute approximate surface area is 74.4 Å². The van der Waals surface area contributed by atoms with E-state index in [0.29, 0.717) is 0 Å². The molecule has 0 aromatic heterocycles. The molecule has 0 atom stereocenters. The van der Waals surface area contributed by atoms with Crippen molar-refractivity contribution < 1.29 is 30.0 Å². The number of hydrogen-bond acceptors (Lipinski definition) is 4. The summed E-state index contributed by atoms with van der Waals surface area (Å²) in [6, 6.07) is 0. The molecule has 0 aliphatic carbocycles. The smallest absolute Gasteiger partial charge is 0.306 e. The molecule has 0 saturated carbocycles. The number of rotatable bonds is 6. The lowest BCUT2D eigenvalue weighted by molar-refractivity contribution is -0.149. The molecule has 0 saturated heterocycles. The van der Waals surface area contributed by atoms with Crippen LogP contribution in [0, 0.1) is 0 Å². The standard InChI is InChI=1S/C7H12O6/c8-2-1-7(13,3-5(9)10)4-6(11)12/h8,13H,1-4H2,(H,9,10)(H,11,12). The van der Waals surface area contributed by atoms with Gasteiger partial charge in [-0.1, -0.05) is 0 Å². The van der Waals surface area contributed by atoms with Crippen molar-refractivity contribution in [2.24, 2.45) is 0 Å². The summed E-state index contributed by atoms with van der Waals surface area (Å²) in [5.74, 6) is -2.59. The second-order valence-electron chi connectivity index (χ2n) is 2.84. The van der Waals surface area contributed by atoms with E-state index in [1.54, 1.807) is 0 Å². The topological polar surface area (TPSA) is 115 Å². The van der Waals surface area contributed by atoms with Crippen molar-refractivity contribution in [2.75, 3.05) is 6.61 Å². The molecule has 6 heteroatoms. The van der Waals surface area contributed by atoms with Crippen LogP contribution in [-0.4, -0.2) is 44.6 Å². The molecule has 0 unspecified atom stereocenters. The number of carboxylic acids is 2. The minimum Gasteiger partial charge on any atom is -0.481 e. The van der Waals surface area contributed by atoms with Gasteiger partial charge in [-0.2, -0.15) is 0 Å². The fourth-order valence-corrected chi connectivity index (χ4v) is 1.01. The predicted molar refractivity (Wildman–Crippen MR) is 41.2 cm³/mol. The van der Waals surface area contributed by atoms with Crippen LogP contribution in [0.1, 0.15) is 19.3 Å². The minimum absolute atomic E-state index is 0.258. The molecule has 0 spiro atoms. The number of aliphatic carboxylic acids is 2. The largest absolute Gasteiger partial charge is 0.481 e. The van der Waals surface area contributed by atoms with E-state index in [9.17, 15) is 14.7 Å². The zero-order chi connectivity index (χ0) is 10.5. The molecule has 6 nitrogen and oxygen atoms in total. The average Bonchev–Trinajstić information content (AvgIpc) is 1.81. The number of aliphatic hydroxyl groups excluding tert-OH is 1. The van der Waals surface area contributed by atoms with Gasteiger partial charge in [-0.3, -0.25) is 9.59 Å². The maximum absolute atomic E-state index is 10.2. The van der Waals surface area contributed by atoms with E-state index in [1.165, 1.54) is 0 Å². The summed E-state index contributed by atoms with van der Waals surface area (Å²) in [7, 11) is 0. The first-order valence-electron chi connectivity index (χ1n) is 3.66. The highest BCUT2D eigenvalue weighted by atomic mass is 16.4. The maximum Gasteiger partial charge on any atom is 0.306 e. The molecule has 0 aromatic rings. The lowest BCUT2D eigenvalue weighted by Crippen LogP contribution is -2.35. The molecule has 0 aliphatic heterocycles. The predicted octanol–water partition coefficient (Wildman–Crippen LogP) is -0.951. The Hall–Kier alpha value is -1.14. The third kappa shape index (κ3) is 5.15. The normalized spacial score (nSPS) is 11.2. The van der Waals surface area contributed by atoms with Crippen molar-refractivity contribution in [3.8, 4) is 0 Å². The van der Waals surface area contributed by atoms with E-state index in [0.717, 1.165) is 0 Å². The van der Waals surface area contributed by atoms with E-state index < -0.39 is 37.0 Å². The molecule has 13 heavy (non-hydrogen) atoms. The van der Waals surface area contributed by atoms with Crippen LogP contribution in [0.25, 0.3) is 0 Å². The van der Waals surface area contributed by atoms with Gasteiger partial charge < -0.3 is 20.4 Å². The molecule has 0 amide bonds. The first-order chi connectivity index (χ1) is 5.89. The first kappa shape index (κ1) is 11.9. The molecule has 0 aromatic carbocycles. The number of carboxylic acid groups (broad SMARTS) is 2. The van der Waals surface area contributed by atoms with Gasteiger partial charge in [0.2, 0.25) is 0 Å². The van der Waals surface area contributed by atoms with Crippen LogP contribution >= 0.6 is 0 Å². The van der Waals surface area contributed by atoms with Crippen molar-refractivity contribution in [3.63, 3.8) is 0 Å². The van der Waals surface area contributed by atoms with Crippen molar-refractivity contribution in [3.05, 3.63) is 0 Å². The third-order valence-electron chi connectivity index (χ3n) is 1.54. The average molecular weight is 192 g/mol. The molecular formula is C7H12O6. The van der Waals surface area contributed by atoms with Gasteiger partial charge in [-0.05, 0) is 0 Å². The monoisotopic (exact) mass is 192 g/mol. The zero-order valence-corrected chi connectivity index (χ0v) is 6.93. The maximum atomic E-state index is 10.2. The number of hydrogen-bond donors (Lipinski definition) is 4. The highest BCUT2D eigenvalue weighted by molar-refractivity contribution is 5.72. The number of aliphatic hydroxyl groups is 2. The van der Waals surface area contributed by atoms with E-state index >= 15 is 0 Å². The van der Waals surface area contributed by atoms with Crippen molar-refractivity contribution in [2.45, 2.75) is 24.9 Å². The molecule has 0 bridgehead atoms. The Kier molecular flexibility index (Phi) is 4.36. The van der Waals surface area contributed by atoms with Gasteiger partial charge >= 0.3 is 11.9 Å². The fraction of sp³-hybridized carbons (Fsp3) is 0.714. The Morgan fingerprint density at radius 1 is 1.08 bits per heavy atom. The van der Waals surface area contributed by atoms with Crippen molar-refractivity contribution in [1.82, 2.24) is 0 Å². The fourth-order valence-electron chi connectivity index (χ4n) is 1.01. The molecule has 76 valence electrons. The van der Waals surface area contributed by atoms with E-state index in [1.807, 2.05) is 0 Å². The highest BCUT2D eigenvalue weighted by Crippen LogP contribution is 2.19. The van der Waals surface area contributed by atoms with Crippen molar-refractivity contribution >= 4 is 11.9 Å². The van der Waals surface area contributed by atoms with E-state index in [4.69, 9.17) is 15.3 Å². The summed E-state index contributed by atoms with van der Waals surface area (Å²) < 4.78 is 0. The van der Waals surface area contributed by atoms with Crippen molar-refractivity contribution in [1.29, 1.82) is 0 Å². The van der Waals surface area contributed by atoms with Gasteiger partial charge in [0.25, 0.3) is 0 Å². The van der Waals surface area contributed by atoms with Crippen LogP contribution < -0.4 is 0 Å². The summed E-state index contributed by atoms with van der Waals surface area (Å²) >= 11 is 0. The van der Waals surface area contributed by atoms with Crippen LogP contribution in [0.5, 0.6) is 0 Å². The minimum atomic E-state index is -1.85. The quantitative estimate of drug-likeness (QED) is 0.431.